The van der Waals surface area contributed by atoms with Gasteiger partial charge in [-0.15, -0.1) is 0 Å². The minimum absolute atomic E-state index is 0.182. The van der Waals surface area contributed by atoms with Crippen LogP contribution in [0.5, 0.6) is 0 Å². The van der Waals surface area contributed by atoms with E-state index in [1.54, 1.807) is 72.8 Å². The van der Waals surface area contributed by atoms with Crippen molar-refractivity contribution >= 4 is 46.4 Å². The van der Waals surface area contributed by atoms with Gasteiger partial charge in [0, 0.05) is 22.0 Å². The molecule has 1 aromatic heterocycles. The van der Waals surface area contributed by atoms with Gasteiger partial charge in [-0.25, -0.2) is 0 Å². The molecule has 2 amide bonds. The molecule has 0 bridgehead atoms. The van der Waals surface area contributed by atoms with E-state index in [1.807, 2.05) is 12.1 Å². The average molecular weight is 451 g/mol. The Bertz CT molecular complexity index is 1230. The summed E-state index contributed by atoms with van der Waals surface area (Å²) in [4.78, 5) is 24.8. The molecule has 1 heterocycles. The predicted molar refractivity (Wildman–Crippen MR) is 123 cm³/mol. The van der Waals surface area contributed by atoms with Crippen LogP contribution in [-0.2, 0) is 0 Å². The Kier molecular flexibility index (Phi) is 6.07. The summed E-state index contributed by atoms with van der Waals surface area (Å²) in [6.45, 7) is 0. The SMILES string of the molecule is O=C(Nc1ccc(NC(=O)c2ccccc2Cl)cc1)c1ccc(-c2ccc(Cl)cc2)o1. The van der Waals surface area contributed by atoms with Crippen molar-refractivity contribution in [1.82, 2.24) is 0 Å². The van der Waals surface area contributed by atoms with Gasteiger partial charge in [0.15, 0.2) is 5.76 Å². The van der Waals surface area contributed by atoms with Crippen molar-refractivity contribution < 1.29 is 14.0 Å². The van der Waals surface area contributed by atoms with E-state index in [1.165, 1.54) is 0 Å². The molecular weight excluding hydrogens is 435 g/mol. The van der Waals surface area contributed by atoms with Crippen LogP contribution in [0.1, 0.15) is 20.9 Å². The molecule has 7 heteroatoms. The number of hydrogen-bond donors (Lipinski definition) is 2. The Morgan fingerprint density at radius 1 is 0.677 bits per heavy atom. The maximum atomic E-state index is 12.5. The number of amides is 2. The smallest absolute Gasteiger partial charge is 0.291 e. The molecule has 5 nitrogen and oxygen atoms in total. The van der Waals surface area contributed by atoms with Crippen LogP contribution >= 0.6 is 23.2 Å². The third-order valence-electron chi connectivity index (χ3n) is 4.48. The fourth-order valence-electron chi connectivity index (χ4n) is 2.90. The molecule has 31 heavy (non-hydrogen) atoms. The zero-order valence-electron chi connectivity index (χ0n) is 16.1. The molecule has 3 aromatic carbocycles. The average Bonchev–Trinajstić information content (AvgIpc) is 3.26. The highest BCUT2D eigenvalue weighted by atomic mass is 35.5. The number of carbonyl (C=O) groups excluding carboxylic acids is 2. The lowest BCUT2D eigenvalue weighted by Gasteiger charge is -2.08. The summed E-state index contributed by atoms with van der Waals surface area (Å²) in [6.07, 6.45) is 0. The summed E-state index contributed by atoms with van der Waals surface area (Å²) in [5.74, 6) is 0.0567. The number of halogens is 2. The van der Waals surface area contributed by atoms with Crippen molar-refractivity contribution in [3.63, 3.8) is 0 Å². The lowest BCUT2D eigenvalue weighted by Crippen LogP contribution is -2.13. The summed E-state index contributed by atoms with van der Waals surface area (Å²) < 4.78 is 5.66. The molecule has 2 N–H and O–H groups in total. The van der Waals surface area contributed by atoms with Crippen LogP contribution in [0.25, 0.3) is 11.3 Å². The van der Waals surface area contributed by atoms with E-state index in [2.05, 4.69) is 10.6 Å². The minimum Gasteiger partial charge on any atom is -0.451 e. The summed E-state index contributed by atoms with van der Waals surface area (Å²) in [7, 11) is 0. The first-order valence-corrected chi connectivity index (χ1v) is 10.1. The van der Waals surface area contributed by atoms with E-state index in [4.69, 9.17) is 27.6 Å². The third-order valence-corrected chi connectivity index (χ3v) is 5.06. The second-order valence-electron chi connectivity index (χ2n) is 6.64. The number of anilines is 2. The Morgan fingerprint density at radius 3 is 1.94 bits per heavy atom. The van der Waals surface area contributed by atoms with E-state index < -0.39 is 0 Å². The van der Waals surface area contributed by atoms with Gasteiger partial charge in [-0.2, -0.15) is 0 Å². The van der Waals surface area contributed by atoms with Crippen molar-refractivity contribution in [2.45, 2.75) is 0 Å². The lowest BCUT2D eigenvalue weighted by atomic mass is 10.2. The van der Waals surface area contributed by atoms with Crippen LogP contribution in [0.2, 0.25) is 10.0 Å². The van der Waals surface area contributed by atoms with E-state index in [-0.39, 0.29) is 17.6 Å². The zero-order chi connectivity index (χ0) is 21.8. The molecule has 0 unspecified atom stereocenters. The first-order valence-electron chi connectivity index (χ1n) is 9.33. The van der Waals surface area contributed by atoms with Crippen molar-refractivity contribution in [1.29, 1.82) is 0 Å². The maximum absolute atomic E-state index is 12.5. The first-order chi connectivity index (χ1) is 15.0. The standard InChI is InChI=1S/C24H16Cl2N2O3/c25-16-7-5-15(6-8-16)21-13-14-22(31-21)24(30)28-18-11-9-17(10-12-18)27-23(29)19-3-1-2-4-20(19)26/h1-14H,(H,27,29)(H,28,30). The van der Waals surface area contributed by atoms with Gasteiger partial charge in [0.25, 0.3) is 11.8 Å². The molecule has 0 aliphatic carbocycles. The Hall–Kier alpha value is -3.54. The summed E-state index contributed by atoms with van der Waals surface area (Å²) in [5, 5.41) is 6.54. The summed E-state index contributed by atoms with van der Waals surface area (Å²) >= 11 is 11.9. The van der Waals surface area contributed by atoms with Crippen LogP contribution in [0.15, 0.2) is 89.3 Å². The molecular formula is C24H16Cl2N2O3. The van der Waals surface area contributed by atoms with Crippen molar-refractivity contribution in [2.75, 3.05) is 10.6 Å². The van der Waals surface area contributed by atoms with E-state index in [0.29, 0.717) is 32.7 Å². The third kappa shape index (κ3) is 4.97. The van der Waals surface area contributed by atoms with Crippen LogP contribution in [0.3, 0.4) is 0 Å². The van der Waals surface area contributed by atoms with Gasteiger partial charge in [0.05, 0.1) is 10.6 Å². The summed E-state index contributed by atoms with van der Waals surface area (Å²) in [5.41, 5.74) is 2.34. The van der Waals surface area contributed by atoms with Crippen LogP contribution in [-0.4, -0.2) is 11.8 Å². The fraction of sp³-hybridized carbons (Fsp3) is 0. The minimum atomic E-state index is -0.381. The van der Waals surface area contributed by atoms with Gasteiger partial charge in [-0.3, -0.25) is 9.59 Å². The van der Waals surface area contributed by atoms with Gasteiger partial charge in [-0.1, -0.05) is 35.3 Å². The predicted octanol–water partition coefficient (Wildman–Crippen LogP) is 6.76. The fourth-order valence-corrected chi connectivity index (χ4v) is 3.25. The van der Waals surface area contributed by atoms with Crippen molar-refractivity contribution in [3.05, 3.63) is 106 Å². The van der Waals surface area contributed by atoms with Crippen molar-refractivity contribution in [3.8, 4) is 11.3 Å². The molecule has 0 atom stereocenters. The summed E-state index contributed by atoms with van der Waals surface area (Å²) in [6, 6.07) is 24.0. The van der Waals surface area contributed by atoms with Gasteiger partial charge in [-0.05, 0) is 72.8 Å². The molecule has 4 rings (SSSR count). The quantitative estimate of drug-likeness (QED) is 0.352. The Balaban J connectivity index is 1.40. The lowest BCUT2D eigenvalue weighted by molar-refractivity contribution is 0.0995. The number of carbonyl (C=O) groups is 2. The highest BCUT2D eigenvalue weighted by Crippen LogP contribution is 2.25. The Labute approximate surface area is 188 Å². The van der Waals surface area contributed by atoms with Crippen LogP contribution in [0, 0.1) is 0 Å². The molecule has 0 spiro atoms. The van der Waals surface area contributed by atoms with Gasteiger partial charge >= 0.3 is 0 Å². The van der Waals surface area contributed by atoms with Gasteiger partial charge in [0.2, 0.25) is 0 Å². The normalized spacial score (nSPS) is 10.5. The van der Waals surface area contributed by atoms with Crippen LogP contribution in [0.4, 0.5) is 11.4 Å². The molecule has 0 aliphatic rings. The van der Waals surface area contributed by atoms with E-state index in [0.717, 1.165) is 5.56 Å². The molecule has 0 aliphatic heterocycles. The topological polar surface area (TPSA) is 71.3 Å². The second-order valence-corrected chi connectivity index (χ2v) is 7.48. The number of nitrogens with one attached hydrogen (secondary N) is 2. The van der Waals surface area contributed by atoms with Gasteiger partial charge in [0.1, 0.15) is 5.76 Å². The molecule has 0 saturated carbocycles. The molecule has 154 valence electrons. The highest BCUT2D eigenvalue weighted by molar-refractivity contribution is 6.34. The number of furan rings is 1. The monoisotopic (exact) mass is 450 g/mol. The molecule has 0 fully saturated rings. The van der Waals surface area contributed by atoms with E-state index in [9.17, 15) is 9.59 Å². The highest BCUT2D eigenvalue weighted by Gasteiger charge is 2.13. The van der Waals surface area contributed by atoms with E-state index >= 15 is 0 Å². The zero-order valence-corrected chi connectivity index (χ0v) is 17.6. The van der Waals surface area contributed by atoms with Gasteiger partial charge < -0.3 is 15.1 Å². The van der Waals surface area contributed by atoms with Crippen LogP contribution < -0.4 is 10.6 Å². The number of rotatable bonds is 5. The molecule has 4 aromatic rings. The Morgan fingerprint density at radius 2 is 1.29 bits per heavy atom. The van der Waals surface area contributed by atoms with Crippen molar-refractivity contribution in [2.24, 2.45) is 0 Å². The number of hydrogen-bond acceptors (Lipinski definition) is 3. The second kappa shape index (κ2) is 9.08. The largest absolute Gasteiger partial charge is 0.451 e. The first kappa shape index (κ1) is 20.7. The maximum Gasteiger partial charge on any atom is 0.291 e. The molecule has 0 radical (unpaired) electrons. The molecule has 0 saturated heterocycles. The number of benzene rings is 3.